The third-order valence-corrected chi connectivity index (χ3v) is 3.98. The molecule has 0 radical (unpaired) electrons. The van der Waals surface area contributed by atoms with Crippen molar-refractivity contribution in [3.63, 3.8) is 0 Å². The van der Waals surface area contributed by atoms with Crippen LogP contribution in [-0.4, -0.2) is 9.38 Å². The first-order valence-corrected chi connectivity index (χ1v) is 7.50. The molecule has 2 aromatic heterocycles. The van der Waals surface area contributed by atoms with Crippen LogP contribution in [0.15, 0.2) is 53.1 Å². The SMILES string of the molecule is CC(C)(C)c1c(-c2ccccc2)nc2c(Br)cccn12. The number of fused-ring (bicyclic) bond motifs is 1. The van der Waals surface area contributed by atoms with Crippen molar-refractivity contribution in [2.75, 3.05) is 0 Å². The zero-order valence-corrected chi connectivity index (χ0v) is 13.5. The van der Waals surface area contributed by atoms with E-state index in [1.54, 1.807) is 0 Å². The maximum absolute atomic E-state index is 4.86. The molecular formula is C17H17BrN2. The Labute approximate surface area is 127 Å². The van der Waals surface area contributed by atoms with Gasteiger partial charge in [-0.2, -0.15) is 0 Å². The lowest BCUT2D eigenvalue weighted by atomic mass is 9.89. The minimum atomic E-state index is 0.0192. The molecule has 0 spiro atoms. The second-order valence-electron chi connectivity index (χ2n) is 5.97. The molecule has 0 unspecified atom stereocenters. The summed E-state index contributed by atoms with van der Waals surface area (Å²) in [6, 6.07) is 14.5. The molecule has 3 heteroatoms. The van der Waals surface area contributed by atoms with Crippen LogP contribution in [-0.2, 0) is 5.41 Å². The van der Waals surface area contributed by atoms with Gasteiger partial charge in [0.05, 0.1) is 15.9 Å². The van der Waals surface area contributed by atoms with Crippen molar-refractivity contribution in [3.05, 3.63) is 58.8 Å². The van der Waals surface area contributed by atoms with Gasteiger partial charge in [-0.1, -0.05) is 51.1 Å². The molecule has 2 heterocycles. The van der Waals surface area contributed by atoms with E-state index in [1.165, 1.54) is 5.69 Å². The molecule has 1 aromatic carbocycles. The Morgan fingerprint density at radius 2 is 1.70 bits per heavy atom. The smallest absolute Gasteiger partial charge is 0.152 e. The van der Waals surface area contributed by atoms with Crippen LogP contribution in [0, 0.1) is 0 Å². The van der Waals surface area contributed by atoms with Crippen LogP contribution in [0.2, 0.25) is 0 Å². The number of hydrogen-bond donors (Lipinski definition) is 0. The molecule has 3 aromatic rings. The summed E-state index contributed by atoms with van der Waals surface area (Å²) in [6.45, 7) is 6.68. The van der Waals surface area contributed by atoms with Crippen LogP contribution in [0.5, 0.6) is 0 Å². The van der Waals surface area contributed by atoms with Gasteiger partial charge in [0.1, 0.15) is 0 Å². The van der Waals surface area contributed by atoms with Gasteiger partial charge in [-0.3, -0.25) is 0 Å². The Morgan fingerprint density at radius 3 is 2.35 bits per heavy atom. The zero-order chi connectivity index (χ0) is 14.3. The van der Waals surface area contributed by atoms with Crippen molar-refractivity contribution in [3.8, 4) is 11.3 Å². The number of aromatic nitrogens is 2. The van der Waals surface area contributed by atoms with Gasteiger partial charge in [0.15, 0.2) is 5.65 Å². The van der Waals surface area contributed by atoms with Gasteiger partial charge in [0.2, 0.25) is 0 Å². The first kappa shape index (κ1) is 13.4. The Kier molecular flexibility index (Phi) is 3.17. The van der Waals surface area contributed by atoms with Gasteiger partial charge in [-0.15, -0.1) is 0 Å². The summed E-state index contributed by atoms with van der Waals surface area (Å²) in [5.41, 5.74) is 4.44. The molecule has 0 aliphatic rings. The first-order valence-electron chi connectivity index (χ1n) is 6.71. The van der Waals surface area contributed by atoms with E-state index in [2.05, 4.69) is 71.6 Å². The summed E-state index contributed by atoms with van der Waals surface area (Å²) in [6.07, 6.45) is 2.08. The zero-order valence-electron chi connectivity index (χ0n) is 11.9. The summed E-state index contributed by atoms with van der Waals surface area (Å²) in [5.74, 6) is 0. The summed E-state index contributed by atoms with van der Waals surface area (Å²) in [4.78, 5) is 4.86. The van der Waals surface area contributed by atoms with E-state index < -0.39 is 0 Å². The minimum absolute atomic E-state index is 0.0192. The number of hydrogen-bond acceptors (Lipinski definition) is 1. The maximum atomic E-state index is 4.86. The molecule has 0 saturated carbocycles. The van der Waals surface area contributed by atoms with Crippen molar-refractivity contribution in [2.24, 2.45) is 0 Å². The highest BCUT2D eigenvalue weighted by atomic mass is 79.9. The Bertz CT molecular complexity index is 752. The lowest BCUT2D eigenvalue weighted by Gasteiger charge is -2.20. The predicted molar refractivity (Wildman–Crippen MR) is 87.0 cm³/mol. The van der Waals surface area contributed by atoms with Crippen LogP contribution in [0.3, 0.4) is 0 Å². The summed E-state index contributed by atoms with van der Waals surface area (Å²) in [7, 11) is 0. The van der Waals surface area contributed by atoms with Gasteiger partial charge in [0.25, 0.3) is 0 Å². The number of imidazole rings is 1. The molecule has 0 aliphatic heterocycles. The van der Waals surface area contributed by atoms with Gasteiger partial charge in [-0.25, -0.2) is 4.98 Å². The number of halogens is 1. The van der Waals surface area contributed by atoms with E-state index in [1.807, 2.05) is 18.2 Å². The van der Waals surface area contributed by atoms with E-state index >= 15 is 0 Å². The van der Waals surface area contributed by atoms with Gasteiger partial charge >= 0.3 is 0 Å². The van der Waals surface area contributed by atoms with Gasteiger partial charge < -0.3 is 4.40 Å². The highest BCUT2D eigenvalue weighted by Gasteiger charge is 2.25. The molecule has 0 fully saturated rings. The quantitative estimate of drug-likeness (QED) is 0.610. The molecule has 3 rings (SSSR count). The fourth-order valence-electron chi connectivity index (χ4n) is 2.55. The van der Waals surface area contributed by atoms with Crippen molar-refractivity contribution >= 4 is 21.6 Å². The number of nitrogens with zero attached hydrogens (tertiary/aromatic N) is 2. The number of rotatable bonds is 1. The fraction of sp³-hybridized carbons (Fsp3) is 0.235. The summed E-state index contributed by atoms with van der Waals surface area (Å²) in [5, 5.41) is 0. The molecule has 20 heavy (non-hydrogen) atoms. The first-order chi connectivity index (χ1) is 9.48. The molecule has 0 N–H and O–H groups in total. The Balaban J connectivity index is 2.40. The number of benzene rings is 1. The van der Waals surface area contributed by atoms with Gasteiger partial charge in [0, 0.05) is 17.2 Å². The number of pyridine rings is 1. The fourth-order valence-corrected chi connectivity index (χ4v) is 2.98. The summed E-state index contributed by atoms with van der Waals surface area (Å²) < 4.78 is 3.21. The Hall–Kier alpha value is -1.61. The third kappa shape index (κ3) is 2.16. The largest absolute Gasteiger partial charge is 0.302 e. The third-order valence-electron chi connectivity index (χ3n) is 3.36. The Morgan fingerprint density at radius 1 is 1.00 bits per heavy atom. The van der Waals surface area contributed by atoms with Crippen molar-refractivity contribution in [1.82, 2.24) is 9.38 Å². The lowest BCUT2D eigenvalue weighted by molar-refractivity contribution is 0.565. The molecule has 102 valence electrons. The molecule has 0 aliphatic carbocycles. The average Bonchev–Trinajstić information content (AvgIpc) is 2.80. The van der Waals surface area contributed by atoms with E-state index in [0.717, 1.165) is 21.4 Å². The van der Waals surface area contributed by atoms with E-state index in [4.69, 9.17) is 4.98 Å². The van der Waals surface area contributed by atoms with Crippen LogP contribution in [0.25, 0.3) is 16.9 Å². The molecule has 2 nitrogen and oxygen atoms in total. The van der Waals surface area contributed by atoms with Gasteiger partial charge in [-0.05, 0) is 28.1 Å². The topological polar surface area (TPSA) is 17.3 Å². The van der Waals surface area contributed by atoms with Crippen molar-refractivity contribution in [1.29, 1.82) is 0 Å². The lowest BCUT2D eigenvalue weighted by Crippen LogP contribution is -2.15. The van der Waals surface area contributed by atoms with Crippen LogP contribution >= 0.6 is 15.9 Å². The van der Waals surface area contributed by atoms with Crippen molar-refractivity contribution in [2.45, 2.75) is 26.2 Å². The highest BCUT2D eigenvalue weighted by Crippen LogP contribution is 2.35. The van der Waals surface area contributed by atoms with Crippen LogP contribution in [0.1, 0.15) is 26.5 Å². The second-order valence-corrected chi connectivity index (χ2v) is 6.83. The summed E-state index contributed by atoms with van der Waals surface area (Å²) >= 11 is 3.60. The normalized spacial score (nSPS) is 12.0. The second kappa shape index (κ2) is 4.74. The average molecular weight is 329 g/mol. The molecule has 0 bridgehead atoms. The van der Waals surface area contributed by atoms with E-state index in [-0.39, 0.29) is 5.41 Å². The van der Waals surface area contributed by atoms with Crippen molar-refractivity contribution < 1.29 is 0 Å². The highest BCUT2D eigenvalue weighted by molar-refractivity contribution is 9.10. The standard InChI is InChI=1S/C17H17BrN2/c1-17(2,3)15-14(12-8-5-4-6-9-12)19-16-13(18)10-7-11-20(15)16/h4-11H,1-3H3. The van der Waals surface area contributed by atoms with Crippen LogP contribution in [0.4, 0.5) is 0 Å². The minimum Gasteiger partial charge on any atom is -0.302 e. The maximum Gasteiger partial charge on any atom is 0.152 e. The molecular weight excluding hydrogens is 312 g/mol. The van der Waals surface area contributed by atoms with E-state index in [0.29, 0.717) is 0 Å². The van der Waals surface area contributed by atoms with Crippen LogP contribution < -0.4 is 0 Å². The predicted octanol–water partition coefficient (Wildman–Crippen LogP) is 5.06. The molecule has 0 saturated heterocycles. The van der Waals surface area contributed by atoms with E-state index in [9.17, 15) is 0 Å². The monoisotopic (exact) mass is 328 g/mol. The molecule has 0 amide bonds. The molecule has 0 atom stereocenters.